The molecule has 0 saturated heterocycles. The van der Waals surface area contributed by atoms with Crippen LogP contribution in [0.5, 0.6) is 0 Å². The van der Waals surface area contributed by atoms with Crippen LogP contribution in [0.2, 0.25) is 0 Å². The van der Waals surface area contributed by atoms with Gasteiger partial charge in [0, 0.05) is 28.3 Å². The summed E-state index contributed by atoms with van der Waals surface area (Å²) in [6.07, 6.45) is 2.04. The molecule has 0 radical (unpaired) electrons. The lowest BCUT2D eigenvalue weighted by Gasteiger charge is -2.15. The van der Waals surface area contributed by atoms with Crippen LogP contribution in [0.1, 0.15) is 11.1 Å². The molecule has 0 saturated carbocycles. The zero-order chi connectivity index (χ0) is 19.1. The number of aromatic nitrogens is 3. The van der Waals surface area contributed by atoms with Crippen LogP contribution in [0.3, 0.4) is 0 Å². The van der Waals surface area contributed by atoms with Crippen molar-refractivity contribution in [2.75, 3.05) is 0 Å². The lowest BCUT2D eigenvalue weighted by molar-refractivity contribution is 0.601. The van der Waals surface area contributed by atoms with E-state index in [1.54, 1.807) is 6.07 Å². The number of fused-ring (bicyclic) bond motifs is 3. The summed E-state index contributed by atoms with van der Waals surface area (Å²) in [5, 5.41) is 9.96. The van der Waals surface area contributed by atoms with E-state index >= 15 is 0 Å². The fraction of sp³-hybridized carbons (Fsp3) is 0.0833. The number of aryl methyl sites for hydroxylation is 1. The Bertz CT molecular complexity index is 1250. The van der Waals surface area contributed by atoms with Gasteiger partial charge in [-0.15, -0.1) is 10.2 Å². The van der Waals surface area contributed by atoms with Crippen molar-refractivity contribution in [3.8, 4) is 22.5 Å². The summed E-state index contributed by atoms with van der Waals surface area (Å²) in [5.41, 5.74) is 6.58. The third-order valence-electron chi connectivity index (χ3n) is 5.14. The Morgan fingerprint density at radius 2 is 1.54 bits per heavy atom. The van der Waals surface area contributed by atoms with E-state index in [9.17, 15) is 4.39 Å². The molecule has 136 valence electrons. The molecule has 0 fully saturated rings. The highest BCUT2D eigenvalue weighted by molar-refractivity contribution is 5.98. The zero-order valence-electron chi connectivity index (χ0n) is 15.4. The lowest BCUT2D eigenvalue weighted by atomic mass is 10.0. The number of halogens is 1. The standard InChI is InChI=1S/C24H18FN3/c1-16-10-12-17(13-11-16)23-20-15-28(14-18-6-2-4-8-21(18)25)22-9-5-3-7-19(22)24(20)27-26-23/h2-13,15H,14H2,1H3. The molecule has 0 atom stereocenters. The van der Waals surface area contributed by atoms with Gasteiger partial charge in [-0.3, -0.25) is 0 Å². The summed E-state index contributed by atoms with van der Waals surface area (Å²) in [7, 11) is 0. The summed E-state index contributed by atoms with van der Waals surface area (Å²) in [5.74, 6) is -0.198. The van der Waals surface area contributed by atoms with E-state index in [4.69, 9.17) is 0 Å². The van der Waals surface area contributed by atoms with Crippen molar-refractivity contribution in [3.63, 3.8) is 0 Å². The van der Waals surface area contributed by atoms with Crippen LogP contribution in [-0.2, 0) is 6.54 Å². The highest BCUT2D eigenvalue weighted by Gasteiger charge is 2.20. The summed E-state index contributed by atoms with van der Waals surface area (Å²) >= 11 is 0. The predicted molar refractivity (Wildman–Crippen MR) is 110 cm³/mol. The van der Waals surface area contributed by atoms with Crippen molar-refractivity contribution in [1.29, 1.82) is 0 Å². The van der Waals surface area contributed by atoms with Gasteiger partial charge in [0.1, 0.15) is 17.2 Å². The smallest absolute Gasteiger partial charge is 0.128 e. The molecule has 2 heterocycles. The van der Waals surface area contributed by atoms with E-state index in [1.165, 1.54) is 11.6 Å². The topological polar surface area (TPSA) is 30.7 Å². The molecule has 0 spiro atoms. The van der Waals surface area contributed by atoms with Crippen molar-refractivity contribution in [3.05, 3.63) is 95.9 Å². The minimum absolute atomic E-state index is 0.198. The Labute approximate surface area is 162 Å². The van der Waals surface area contributed by atoms with Gasteiger partial charge in [0.25, 0.3) is 0 Å². The van der Waals surface area contributed by atoms with Crippen LogP contribution in [-0.4, -0.2) is 14.8 Å². The second-order valence-electron chi connectivity index (χ2n) is 7.04. The molecule has 5 rings (SSSR count). The molecule has 3 nitrogen and oxygen atoms in total. The third-order valence-corrected chi connectivity index (χ3v) is 5.14. The molecule has 3 aromatic rings. The first kappa shape index (κ1) is 16.6. The first-order valence-electron chi connectivity index (χ1n) is 9.25. The fourth-order valence-electron chi connectivity index (χ4n) is 3.66. The molecule has 4 heteroatoms. The summed E-state index contributed by atoms with van der Waals surface area (Å²) < 4.78 is 16.4. The fourth-order valence-corrected chi connectivity index (χ4v) is 3.66. The van der Waals surface area contributed by atoms with Gasteiger partial charge in [0.2, 0.25) is 0 Å². The van der Waals surface area contributed by atoms with Crippen molar-refractivity contribution in [2.45, 2.75) is 13.5 Å². The normalized spacial score (nSPS) is 11.4. The molecule has 0 N–H and O–H groups in total. The Hall–Kier alpha value is -3.53. The second-order valence-corrected chi connectivity index (χ2v) is 7.04. The van der Waals surface area contributed by atoms with Gasteiger partial charge in [0.15, 0.2) is 0 Å². The highest BCUT2D eigenvalue weighted by Crippen LogP contribution is 2.36. The monoisotopic (exact) mass is 367 g/mol. The van der Waals surface area contributed by atoms with E-state index in [0.717, 1.165) is 33.4 Å². The first-order chi connectivity index (χ1) is 13.7. The molecule has 0 aromatic heterocycles. The van der Waals surface area contributed by atoms with Gasteiger partial charge in [-0.05, 0) is 19.1 Å². The number of pyridine rings is 1. The van der Waals surface area contributed by atoms with Crippen LogP contribution in [0.4, 0.5) is 4.39 Å². The Kier molecular flexibility index (Phi) is 3.90. The highest BCUT2D eigenvalue weighted by atomic mass is 19.1. The van der Waals surface area contributed by atoms with Gasteiger partial charge in [0.05, 0.1) is 12.1 Å². The number of rotatable bonds is 3. The van der Waals surface area contributed by atoms with Crippen molar-refractivity contribution >= 4 is 10.9 Å². The van der Waals surface area contributed by atoms with E-state index in [2.05, 4.69) is 46.0 Å². The number of nitrogens with zero attached hydrogens (tertiary/aromatic N) is 3. The third kappa shape index (κ3) is 2.74. The SMILES string of the molecule is Cc1ccc(-c2nnc3c4ccccc4n(Cc4ccccc4F)cc2-3)cc1. The number of para-hydroxylation sites is 1. The second kappa shape index (κ2) is 6.57. The van der Waals surface area contributed by atoms with Gasteiger partial charge in [-0.25, -0.2) is 4.39 Å². The summed E-state index contributed by atoms with van der Waals surface area (Å²) in [4.78, 5) is 0. The first-order valence-corrected chi connectivity index (χ1v) is 9.25. The van der Waals surface area contributed by atoms with Gasteiger partial charge in [-0.1, -0.05) is 66.2 Å². The summed E-state index contributed by atoms with van der Waals surface area (Å²) in [6.45, 7) is 2.51. The Morgan fingerprint density at radius 1 is 0.821 bits per heavy atom. The molecular formula is C24H18FN3. The van der Waals surface area contributed by atoms with Crippen LogP contribution in [0.25, 0.3) is 33.4 Å². The maximum Gasteiger partial charge on any atom is 0.128 e. The molecule has 0 amide bonds. The lowest BCUT2D eigenvalue weighted by Crippen LogP contribution is -2.05. The summed E-state index contributed by atoms with van der Waals surface area (Å²) in [6, 6.07) is 23.2. The van der Waals surface area contributed by atoms with Crippen molar-refractivity contribution < 1.29 is 4.39 Å². The quantitative estimate of drug-likeness (QED) is 0.410. The van der Waals surface area contributed by atoms with Crippen molar-refractivity contribution in [1.82, 2.24) is 14.8 Å². The van der Waals surface area contributed by atoms with Gasteiger partial charge in [-0.2, -0.15) is 0 Å². The Balaban J connectivity index is 1.73. The van der Waals surface area contributed by atoms with Crippen LogP contribution >= 0.6 is 0 Å². The predicted octanol–water partition coefficient (Wildman–Crippen LogP) is 5.70. The van der Waals surface area contributed by atoms with Crippen LogP contribution in [0, 0.1) is 12.7 Å². The van der Waals surface area contributed by atoms with E-state index in [1.807, 2.05) is 42.6 Å². The Morgan fingerprint density at radius 3 is 2.36 bits per heavy atom. The van der Waals surface area contributed by atoms with Gasteiger partial charge < -0.3 is 4.57 Å². The largest absolute Gasteiger partial charge is 0.342 e. The van der Waals surface area contributed by atoms with E-state index < -0.39 is 0 Å². The average molecular weight is 367 g/mol. The van der Waals surface area contributed by atoms with Gasteiger partial charge >= 0.3 is 0 Å². The van der Waals surface area contributed by atoms with Crippen LogP contribution < -0.4 is 0 Å². The minimum atomic E-state index is -0.198. The molecule has 0 unspecified atom stereocenters. The zero-order valence-corrected chi connectivity index (χ0v) is 15.4. The molecule has 28 heavy (non-hydrogen) atoms. The molecule has 0 bridgehead atoms. The molecule has 0 aliphatic carbocycles. The average Bonchev–Trinajstić information content (AvgIpc) is 3.14. The molecule has 3 aromatic carbocycles. The number of hydrogen-bond acceptors (Lipinski definition) is 2. The maximum atomic E-state index is 14.3. The number of benzene rings is 3. The molecule has 2 aliphatic heterocycles. The molecule has 2 aliphatic rings. The minimum Gasteiger partial charge on any atom is -0.342 e. The van der Waals surface area contributed by atoms with Crippen molar-refractivity contribution in [2.24, 2.45) is 0 Å². The van der Waals surface area contributed by atoms with E-state index in [-0.39, 0.29) is 5.82 Å². The molecular weight excluding hydrogens is 349 g/mol. The van der Waals surface area contributed by atoms with Crippen LogP contribution in [0.15, 0.2) is 79.0 Å². The number of hydrogen-bond donors (Lipinski definition) is 0. The maximum absolute atomic E-state index is 14.3. The van der Waals surface area contributed by atoms with E-state index in [0.29, 0.717) is 12.1 Å².